The minimum Gasteiger partial charge on any atom is -0.491 e. The Hall–Kier alpha value is -2.90. The van der Waals surface area contributed by atoms with Gasteiger partial charge >= 0.3 is 0 Å². The molecule has 0 saturated heterocycles. The van der Waals surface area contributed by atoms with Gasteiger partial charge < -0.3 is 24.6 Å². The Balaban J connectivity index is 1.84. The van der Waals surface area contributed by atoms with Gasteiger partial charge in [-0.2, -0.15) is 4.98 Å². The van der Waals surface area contributed by atoms with Crippen molar-refractivity contribution in [2.75, 3.05) is 32.6 Å². The average Bonchev–Trinajstić information content (AvgIpc) is 3.10. The van der Waals surface area contributed by atoms with Crippen molar-refractivity contribution in [3.8, 4) is 11.6 Å². The standard InChI is InChI=1S/C22H29N5O2/c1-15-10-19(11-16(2)20(15)29-9-8-28)24-22-23-12-17(3)21(25-22)27-7-6-18(14-27)13-26(4)5/h6-7,10-12,14,28H,8-9,13H2,1-5H3,(H,23,24,25). The van der Waals surface area contributed by atoms with Crippen LogP contribution in [0.2, 0.25) is 0 Å². The fourth-order valence-electron chi connectivity index (χ4n) is 3.31. The fraction of sp³-hybridized carbons (Fsp3) is 0.364. The van der Waals surface area contributed by atoms with Gasteiger partial charge in [0.05, 0.1) is 6.61 Å². The van der Waals surface area contributed by atoms with E-state index in [-0.39, 0.29) is 13.2 Å². The van der Waals surface area contributed by atoms with E-state index in [1.807, 2.05) is 49.9 Å². The number of nitrogens with one attached hydrogen (secondary N) is 1. The van der Waals surface area contributed by atoms with Crippen LogP contribution in [0.25, 0.3) is 5.82 Å². The zero-order chi connectivity index (χ0) is 21.0. The number of anilines is 2. The second-order valence-corrected chi connectivity index (χ2v) is 7.50. The Morgan fingerprint density at radius 3 is 2.52 bits per heavy atom. The van der Waals surface area contributed by atoms with Crippen LogP contribution in [0.15, 0.2) is 36.8 Å². The van der Waals surface area contributed by atoms with E-state index in [9.17, 15) is 0 Å². The van der Waals surface area contributed by atoms with Crippen LogP contribution in [0.5, 0.6) is 5.75 Å². The Morgan fingerprint density at radius 1 is 1.14 bits per heavy atom. The minimum atomic E-state index is -0.00544. The van der Waals surface area contributed by atoms with E-state index >= 15 is 0 Å². The van der Waals surface area contributed by atoms with Crippen molar-refractivity contribution in [3.05, 3.63) is 59.0 Å². The molecule has 7 nitrogen and oxygen atoms in total. The van der Waals surface area contributed by atoms with Crippen molar-refractivity contribution < 1.29 is 9.84 Å². The molecule has 0 atom stereocenters. The summed E-state index contributed by atoms with van der Waals surface area (Å²) in [6, 6.07) is 6.09. The van der Waals surface area contributed by atoms with Gasteiger partial charge in [0.15, 0.2) is 0 Å². The lowest BCUT2D eigenvalue weighted by Crippen LogP contribution is -2.10. The van der Waals surface area contributed by atoms with E-state index < -0.39 is 0 Å². The molecule has 0 aliphatic carbocycles. The number of aliphatic hydroxyl groups is 1. The molecule has 0 aliphatic heterocycles. The quantitative estimate of drug-likeness (QED) is 0.609. The van der Waals surface area contributed by atoms with Crippen molar-refractivity contribution in [1.82, 2.24) is 19.4 Å². The molecule has 0 amide bonds. The molecule has 0 saturated carbocycles. The maximum atomic E-state index is 8.99. The summed E-state index contributed by atoms with van der Waals surface area (Å²) >= 11 is 0. The van der Waals surface area contributed by atoms with E-state index in [1.54, 1.807) is 0 Å². The molecule has 0 spiro atoms. The Bertz CT molecular complexity index is 958. The molecule has 0 bridgehead atoms. The van der Waals surface area contributed by atoms with Crippen molar-refractivity contribution in [2.45, 2.75) is 27.3 Å². The largest absolute Gasteiger partial charge is 0.491 e. The summed E-state index contributed by atoms with van der Waals surface area (Å²) in [5.41, 5.74) is 5.11. The van der Waals surface area contributed by atoms with Crippen LogP contribution in [0.4, 0.5) is 11.6 Å². The number of benzene rings is 1. The van der Waals surface area contributed by atoms with Crippen molar-refractivity contribution in [3.63, 3.8) is 0 Å². The zero-order valence-corrected chi connectivity index (χ0v) is 17.7. The highest BCUT2D eigenvalue weighted by Crippen LogP contribution is 2.28. The fourth-order valence-corrected chi connectivity index (χ4v) is 3.31. The van der Waals surface area contributed by atoms with E-state index in [4.69, 9.17) is 14.8 Å². The van der Waals surface area contributed by atoms with E-state index in [0.717, 1.165) is 40.5 Å². The van der Waals surface area contributed by atoms with E-state index in [0.29, 0.717) is 5.95 Å². The van der Waals surface area contributed by atoms with Crippen LogP contribution in [-0.2, 0) is 6.54 Å². The summed E-state index contributed by atoms with van der Waals surface area (Å²) in [5.74, 6) is 2.19. The number of rotatable bonds is 8. The number of hydrogen-bond donors (Lipinski definition) is 2. The number of aliphatic hydroxyl groups excluding tert-OH is 1. The van der Waals surface area contributed by atoms with Gasteiger partial charge in [-0.05, 0) is 69.8 Å². The molecule has 3 rings (SSSR count). The second-order valence-electron chi connectivity index (χ2n) is 7.50. The smallest absolute Gasteiger partial charge is 0.229 e. The Labute approximate surface area is 172 Å². The Kier molecular flexibility index (Phi) is 6.51. The predicted molar refractivity (Wildman–Crippen MR) is 115 cm³/mol. The number of ether oxygens (including phenoxy) is 1. The molecule has 29 heavy (non-hydrogen) atoms. The van der Waals surface area contributed by atoms with Crippen LogP contribution in [-0.4, -0.2) is 51.9 Å². The van der Waals surface area contributed by atoms with Crippen LogP contribution < -0.4 is 10.1 Å². The molecule has 0 unspecified atom stereocenters. The molecule has 2 heterocycles. The molecule has 1 aromatic carbocycles. The van der Waals surface area contributed by atoms with Crippen LogP contribution in [0, 0.1) is 20.8 Å². The summed E-state index contributed by atoms with van der Waals surface area (Å²) in [4.78, 5) is 11.3. The van der Waals surface area contributed by atoms with Crippen molar-refractivity contribution >= 4 is 11.6 Å². The minimum absolute atomic E-state index is 0.00544. The van der Waals surface area contributed by atoms with E-state index in [2.05, 4.69) is 41.6 Å². The summed E-state index contributed by atoms with van der Waals surface area (Å²) in [6.45, 7) is 7.13. The van der Waals surface area contributed by atoms with Gasteiger partial charge in [0.2, 0.25) is 5.95 Å². The lowest BCUT2D eigenvalue weighted by molar-refractivity contribution is 0.200. The molecule has 0 fully saturated rings. The molecule has 7 heteroatoms. The van der Waals surface area contributed by atoms with Gasteiger partial charge in [-0.25, -0.2) is 4.98 Å². The molecular weight excluding hydrogens is 366 g/mol. The highest BCUT2D eigenvalue weighted by Gasteiger charge is 2.10. The van der Waals surface area contributed by atoms with Crippen molar-refractivity contribution in [2.24, 2.45) is 0 Å². The van der Waals surface area contributed by atoms with Gasteiger partial charge in [0.1, 0.15) is 18.2 Å². The van der Waals surface area contributed by atoms with Crippen molar-refractivity contribution in [1.29, 1.82) is 0 Å². The molecule has 154 valence electrons. The predicted octanol–water partition coefficient (Wildman–Crippen LogP) is 3.37. The summed E-state index contributed by atoms with van der Waals surface area (Å²) in [7, 11) is 4.11. The topological polar surface area (TPSA) is 75.4 Å². The lowest BCUT2D eigenvalue weighted by Gasteiger charge is -2.15. The molecule has 0 radical (unpaired) electrons. The first-order valence-electron chi connectivity index (χ1n) is 9.65. The average molecular weight is 396 g/mol. The maximum absolute atomic E-state index is 8.99. The Morgan fingerprint density at radius 2 is 1.86 bits per heavy atom. The number of aromatic nitrogens is 3. The number of aryl methyl sites for hydroxylation is 3. The maximum Gasteiger partial charge on any atom is 0.229 e. The third kappa shape index (κ3) is 5.13. The molecular formula is C22H29N5O2. The van der Waals surface area contributed by atoms with Crippen LogP contribution in [0.3, 0.4) is 0 Å². The zero-order valence-electron chi connectivity index (χ0n) is 17.7. The van der Waals surface area contributed by atoms with Gasteiger partial charge in [-0.1, -0.05) is 0 Å². The lowest BCUT2D eigenvalue weighted by atomic mass is 10.1. The molecule has 0 aliphatic rings. The highest BCUT2D eigenvalue weighted by atomic mass is 16.5. The van der Waals surface area contributed by atoms with Gasteiger partial charge in [-0.15, -0.1) is 0 Å². The van der Waals surface area contributed by atoms with Gasteiger partial charge in [0, 0.05) is 36.4 Å². The first-order valence-corrected chi connectivity index (χ1v) is 9.65. The summed E-state index contributed by atoms with van der Waals surface area (Å²) in [6.07, 6.45) is 5.95. The highest BCUT2D eigenvalue weighted by molar-refractivity contribution is 5.60. The van der Waals surface area contributed by atoms with Gasteiger partial charge in [0.25, 0.3) is 0 Å². The summed E-state index contributed by atoms with van der Waals surface area (Å²) < 4.78 is 7.66. The van der Waals surface area contributed by atoms with Crippen LogP contribution in [0.1, 0.15) is 22.3 Å². The number of nitrogens with zero attached hydrogens (tertiary/aromatic N) is 4. The second kappa shape index (κ2) is 9.07. The summed E-state index contributed by atoms with van der Waals surface area (Å²) in [5, 5.41) is 12.3. The molecule has 2 N–H and O–H groups in total. The third-order valence-electron chi connectivity index (χ3n) is 4.50. The molecule has 2 aromatic heterocycles. The monoisotopic (exact) mass is 395 g/mol. The van der Waals surface area contributed by atoms with Gasteiger partial charge in [-0.3, -0.25) is 0 Å². The van der Waals surface area contributed by atoms with E-state index in [1.165, 1.54) is 5.56 Å². The first-order chi connectivity index (χ1) is 13.9. The first kappa shape index (κ1) is 20.8. The van der Waals surface area contributed by atoms with Crippen LogP contribution >= 0.6 is 0 Å². The third-order valence-corrected chi connectivity index (χ3v) is 4.50. The SMILES string of the molecule is Cc1cnc(Nc2cc(C)c(OCCO)c(C)c2)nc1-n1ccc(CN(C)C)c1. The normalized spacial score (nSPS) is 11.1. The number of hydrogen-bond acceptors (Lipinski definition) is 6. The molecule has 3 aromatic rings.